The van der Waals surface area contributed by atoms with Crippen LogP contribution in [0.25, 0.3) is 0 Å². The predicted octanol–water partition coefficient (Wildman–Crippen LogP) is 0.652. The molecule has 1 heterocycles. The van der Waals surface area contributed by atoms with Gasteiger partial charge in [0, 0.05) is 19.1 Å². The van der Waals surface area contributed by atoms with Crippen LogP contribution in [0.1, 0.15) is 32.6 Å². The molecule has 0 spiro atoms. The van der Waals surface area contributed by atoms with Crippen LogP contribution in [0.15, 0.2) is 0 Å². The fraction of sp³-hybridized carbons (Fsp3) is 0.846. The van der Waals surface area contributed by atoms with Crippen LogP contribution in [-0.4, -0.2) is 52.3 Å². The second-order valence-electron chi connectivity index (χ2n) is 5.71. The van der Waals surface area contributed by atoms with E-state index >= 15 is 0 Å². The Morgan fingerprint density at radius 1 is 1.26 bits per heavy atom. The highest BCUT2D eigenvalue weighted by Crippen LogP contribution is 2.26. The third kappa shape index (κ3) is 3.18. The average molecular weight is 270 g/mol. The minimum Gasteiger partial charge on any atom is -0.481 e. The minimum absolute atomic E-state index is 0.0679. The zero-order valence-electron chi connectivity index (χ0n) is 11.2. The SMILES string of the molecule is CC1CN(C(=O)NC2CCCC2C(=O)O)CCC1O. The van der Waals surface area contributed by atoms with Gasteiger partial charge >= 0.3 is 12.0 Å². The first kappa shape index (κ1) is 14.1. The van der Waals surface area contributed by atoms with Crippen LogP contribution in [0.2, 0.25) is 0 Å². The summed E-state index contributed by atoms with van der Waals surface area (Å²) in [6.07, 6.45) is 2.45. The maximum atomic E-state index is 12.1. The number of aliphatic carboxylic acids is 1. The molecule has 4 atom stereocenters. The molecule has 0 aromatic rings. The van der Waals surface area contributed by atoms with Crippen molar-refractivity contribution in [2.24, 2.45) is 11.8 Å². The molecule has 1 aliphatic carbocycles. The molecule has 1 aliphatic heterocycles. The standard InChI is InChI=1S/C13H22N2O4/c1-8-7-15(6-5-11(8)16)13(19)14-10-4-2-3-9(10)12(17)18/h8-11,16H,2-7H2,1H3,(H,14,19)(H,17,18). The molecule has 1 saturated heterocycles. The molecule has 0 radical (unpaired) electrons. The number of rotatable bonds is 2. The summed E-state index contributed by atoms with van der Waals surface area (Å²) in [5, 5.41) is 21.6. The largest absolute Gasteiger partial charge is 0.481 e. The number of aliphatic hydroxyl groups is 1. The molecule has 0 bridgehead atoms. The van der Waals surface area contributed by atoms with Gasteiger partial charge in [0.1, 0.15) is 0 Å². The fourth-order valence-electron chi connectivity index (χ4n) is 3.00. The summed E-state index contributed by atoms with van der Waals surface area (Å²) in [5.41, 5.74) is 0. The van der Waals surface area contributed by atoms with E-state index in [4.69, 9.17) is 5.11 Å². The van der Waals surface area contributed by atoms with Crippen molar-refractivity contribution >= 4 is 12.0 Å². The predicted molar refractivity (Wildman–Crippen MR) is 68.7 cm³/mol. The van der Waals surface area contributed by atoms with Gasteiger partial charge < -0.3 is 20.4 Å². The highest BCUT2D eigenvalue weighted by atomic mass is 16.4. The molecule has 6 heteroatoms. The second-order valence-corrected chi connectivity index (χ2v) is 5.71. The molecule has 19 heavy (non-hydrogen) atoms. The molecule has 2 rings (SSSR count). The van der Waals surface area contributed by atoms with Crippen LogP contribution in [0.3, 0.4) is 0 Å². The molecule has 2 amide bonds. The maximum absolute atomic E-state index is 12.1. The summed E-state index contributed by atoms with van der Waals surface area (Å²) >= 11 is 0. The Hall–Kier alpha value is -1.30. The summed E-state index contributed by atoms with van der Waals surface area (Å²) in [6.45, 7) is 2.97. The number of carboxylic acids is 1. The molecule has 3 N–H and O–H groups in total. The van der Waals surface area contributed by atoms with Crippen molar-refractivity contribution in [3.05, 3.63) is 0 Å². The summed E-state index contributed by atoms with van der Waals surface area (Å²) in [5.74, 6) is -1.22. The van der Waals surface area contributed by atoms with Crippen LogP contribution < -0.4 is 5.32 Å². The van der Waals surface area contributed by atoms with Gasteiger partial charge in [0.25, 0.3) is 0 Å². The van der Waals surface area contributed by atoms with Gasteiger partial charge in [-0.05, 0) is 25.2 Å². The Bertz CT molecular complexity index is 361. The van der Waals surface area contributed by atoms with Crippen molar-refractivity contribution in [2.45, 2.75) is 44.8 Å². The zero-order chi connectivity index (χ0) is 14.0. The van der Waals surface area contributed by atoms with Crippen LogP contribution in [0, 0.1) is 11.8 Å². The summed E-state index contributed by atoms with van der Waals surface area (Å²) in [6, 6.07) is -0.455. The molecule has 1 saturated carbocycles. The lowest BCUT2D eigenvalue weighted by atomic mass is 9.97. The molecular weight excluding hydrogens is 248 g/mol. The Morgan fingerprint density at radius 2 is 2.00 bits per heavy atom. The highest BCUT2D eigenvalue weighted by Gasteiger charge is 2.35. The van der Waals surface area contributed by atoms with Gasteiger partial charge in [-0.1, -0.05) is 13.3 Å². The first-order chi connectivity index (χ1) is 8.99. The number of hydrogen-bond donors (Lipinski definition) is 3. The minimum atomic E-state index is -0.828. The number of carboxylic acid groups (broad SMARTS) is 1. The Kier molecular flexibility index (Phi) is 4.29. The fourth-order valence-corrected chi connectivity index (χ4v) is 3.00. The van der Waals surface area contributed by atoms with E-state index < -0.39 is 11.9 Å². The van der Waals surface area contributed by atoms with Crippen molar-refractivity contribution < 1.29 is 19.8 Å². The number of amides is 2. The summed E-state index contributed by atoms with van der Waals surface area (Å²) < 4.78 is 0. The molecule has 4 unspecified atom stereocenters. The quantitative estimate of drug-likeness (QED) is 0.687. The lowest BCUT2D eigenvalue weighted by Crippen LogP contribution is -2.52. The van der Waals surface area contributed by atoms with Crippen LogP contribution in [0.4, 0.5) is 4.79 Å². The van der Waals surface area contributed by atoms with E-state index in [1.165, 1.54) is 0 Å². The third-order valence-corrected chi connectivity index (χ3v) is 4.29. The summed E-state index contributed by atoms with van der Waals surface area (Å²) in [4.78, 5) is 24.9. The number of carbonyl (C=O) groups excluding carboxylic acids is 1. The topological polar surface area (TPSA) is 89.9 Å². The number of carbonyl (C=O) groups is 2. The normalized spacial score (nSPS) is 35.2. The van der Waals surface area contributed by atoms with Crippen molar-refractivity contribution in [1.29, 1.82) is 0 Å². The second kappa shape index (κ2) is 5.77. The van der Waals surface area contributed by atoms with Crippen molar-refractivity contribution in [1.82, 2.24) is 10.2 Å². The van der Waals surface area contributed by atoms with Gasteiger partial charge in [-0.15, -0.1) is 0 Å². The molecule has 108 valence electrons. The number of aliphatic hydroxyl groups excluding tert-OH is 1. The van der Waals surface area contributed by atoms with Crippen molar-refractivity contribution in [3.63, 3.8) is 0 Å². The van der Waals surface area contributed by atoms with Crippen LogP contribution in [-0.2, 0) is 4.79 Å². The van der Waals surface area contributed by atoms with E-state index in [1.807, 2.05) is 6.92 Å². The number of likely N-dealkylation sites (tertiary alicyclic amines) is 1. The Balaban J connectivity index is 1.89. The molecule has 2 aliphatic rings. The van der Waals surface area contributed by atoms with Gasteiger partial charge in [-0.25, -0.2) is 4.79 Å². The Morgan fingerprint density at radius 3 is 2.63 bits per heavy atom. The van der Waals surface area contributed by atoms with E-state index in [0.29, 0.717) is 25.9 Å². The first-order valence-corrected chi connectivity index (χ1v) is 6.95. The highest BCUT2D eigenvalue weighted by molar-refractivity contribution is 5.77. The number of urea groups is 1. The smallest absolute Gasteiger partial charge is 0.317 e. The third-order valence-electron chi connectivity index (χ3n) is 4.29. The lowest BCUT2D eigenvalue weighted by molar-refractivity contribution is -0.142. The van der Waals surface area contributed by atoms with Crippen LogP contribution >= 0.6 is 0 Å². The molecule has 2 fully saturated rings. The van der Waals surface area contributed by atoms with E-state index in [2.05, 4.69) is 5.32 Å². The Labute approximate surface area is 112 Å². The summed E-state index contributed by atoms with van der Waals surface area (Å²) in [7, 11) is 0. The zero-order valence-corrected chi connectivity index (χ0v) is 11.2. The van der Waals surface area contributed by atoms with E-state index in [-0.39, 0.29) is 24.1 Å². The van der Waals surface area contributed by atoms with E-state index in [1.54, 1.807) is 4.90 Å². The number of nitrogens with zero attached hydrogens (tertiary/aromatic N) is 1. The van der Waals surface area contributed by atoms with E-state index in [9.17, 15) is 14.7 Å². The first-order valence-electron chi connectivity index (χ1n) is 6.95. The van der Waals surface area contributed by atoms with Crippen LogP contribution in [0.5, 0.6) is 0 Å². The molecule has 6 nitrogen and oxygen atoms in total. The van der Waals surface area contributed by atoms with E-state index in [0.717, 1.165) is 12.8 Å². The van der Waals surface area contributed by atoms with Gasteiger partial charge in [0.15, 0.2) is 0 Å². The number of nitrogens with one attached hydrogen (secondary N) is 1. The molecular formula is C13H22N2O4. The lowest BCUT2D eigenvalue weighted by Gasteiger charge is -2.35. The number of piperidine rings is 1. The molecule has 0 aromatic heterocycles. The number of hydrogen-bond acceptors (Lipinski definition) is 3. The van der Waals surface area contributed by atoms with Crippen molar-refractivity contribution in [2.75, 3.05) is 13.1 Å². The maximum Gasteiger partial charge on any atom is 0.317 e. The van der Waals surface area contributed by atoms with Gasteiger partial charge in [-0.3, -0.25) is 4.79 Å². The monoisotopic (exact) mass is 270 g/mol. The van der Waals surface area contributed by atoms with Gasteiger partial charge in [0.2, 0.25) is 0 Å². The molecule has 0 aromatic carbocycles. The van der Waals surface area contributed by atoms with Crippen molar-refractivity contribution in [3.8, 4) is 0 Å². The van der Waals surface area contributed by atoms with Gasteiger partial charge in [-0.2, -0.15) is 0 Å². The van der Waals surface area contributed by atoms with Gasteiger partial charge in [0.05, 0.1) is 12.0 Å². The average Bonchev–Trinajstić information content (AvgIpc) is 2.80.